The molecule has 2 aromatic carbocycles. The van der Waals surface area contributed by atoms with Gasteiger partial charge in [-0.25, -0.2) is 4.98 Å². The molecule has 0 aliphatic rings. The Labute approximate surface area is 143 Å². The molecule has 0 aliphatic heterocycles. The van der Waals surface area contributed by atoms with Crippen LogP contribution in [0.15, 0.2) is 53.4 Å². The second kappa shape index (κ2) is 7.18. The number of hydrogen-bond acceptors (Lipinski definition) is 4. The summed E-state index contributed by atoms with van der Waals surface area (Å²) in [5.41, 5.74) is 7.05. The highest BCUT2D eigenvalue weighted by atomic mass is 32.2. The summed E-state index contributed by atoms with van der Waals surface area (Å²) in [6.07, 6.45) is 1.95. The number of nitrogens with zero attached hydrogens (tertiary/aromatic N) is 1. The summed E-state index contributed by atoms with van der Waals surface area (Å²) in [5, 5.41) is 0. The van der Waals surface area contributed by atoms with Gasteiger partial charge in [-0.05, 0) is 30.5 Å². The van der Waals surface area contributed by atoms with Crippen molar-refractivity contribution in [2.75, 3.05) is 6.26 Å². The molecule has 0 atom stereocenters. The van der Waals surface area contributed by atoms with Crippen LogP contribution in [0.1, 0.15) is 16.2 Å². The number of thioether (sulfide) groups is 1. The van der Waals surface area contributed by atoms with Crippen molar-refractivity contribution in [3.8, 4) is 0 Å². The van der Waals surface area contributed by atoms with Crippen LogP contribution in [0.25, 0.3) is 11.0 Å². The molecule has 24 heavy (non-hydrogen) atoms. The summed E-state index contributed by atoms with van der Waals surface area (Å²) < 4.78 is 0. The number of amides is 2. The average molecular weight is 340 g/mol. The summed E-state index contributed by atoms with van der Waals surface area (Å²) in [4.78, 5) is 32.4. The van der Waals surface area contributed by atoms with Gasteiger partial charge in [0.15, 0.2) is 0 Å². The minimum atomic E-state index is -0.349. The largest absolute Gasteiger partial charge is 0.342 e. The highest BCUT2D eigenvalue weighted by Crippen LogP contribution is 2.19. The molecule has 0 aliphatic carbocycles. The Morgan fingerprint density at radius 3 is 2.62 bits per heavy atom. The predicted molar refractivity (Wildman–Crippen MR) is 93.6 cm³/mol. The summed E-state index contributed by atoms with van der Waals surface area (Å²) in [6.45, 7) is 0. The molecule has 3 rings (SSSR count). The smallest absolute Gasteiger partial charge is 0.270 e. The lowest BCUT2D eigenvalue weighted by Crippen LogP contribution is -2.42. The standard InChI is InChI=1S/C17H16N4O2S/c1-24-14-9-5-2-6-11(14)17(23)21-20-16(22)10-15-18-12-7-3-4-8-13(12)19-15/h2-9H,10H2,1H3,(H,18,19)(H,20,22)(H,21,23). The fraction of sp³-hybridized carbons (Fsp3) is 0.118. The summed E-state index contributed by atoms with van der Waals surface area (Å²) >= 11 is 1.47. The highest BCUT2D eigenvalue weighted by molar-refractivity contribution is 7.98. The Morgan fingerprint density at radius 1 is 1.08 bits per heavy atom. The van der Waals surface area contributed by atoms with E-state index in [1.54, 1.807) is 12.1 Å². The van der Waals surface area contributed by atoms with Crippen LogP contribution < -0.4 is 10.9 Å². The van der Waals surface area contributed by atoms with Crippen LogP contribution in [0.3, 0.4) is 0 Å². The van der Waals surface area contributed by atoms with Crippen molar-refractivity contribution in [1.82, 2.24) is 20.8 Å². The first-order valence-electron chi connectivity index (χ1n) is 7.33. The molecule has 3 aromatic rings. The quantitative estimate of drug-likeness (QED) is 0.502. The first-order chi connectivity index (χ1) is 11.7. The molecule has 6 nitrogen and oxygen atoms in total. The SMILES string of the molecule is CSc1ccccc1C(=O)NNC(=O)Cc1nc2ccccc2[nH]1. The molecule has 0 radical (unpaired) electrons. The number of hydrazine groups is 1. The highest BCUT2D eigenvalue weighted by Gasteiger charge is 2.12. The van der Waals surface area contributed by atoms with Crippen LogP contribution in [0.4, 0.5) is 0 Å². The Kier molecular flexibility index (Phi) is 4.81. The van der Waals surface area contributed by atoms with Crippen molar-refractivity contribution in [3.05, 3.63) is 59.9 Å². The second-order valence-corrected chi connectivity index (χ2v) is 5.93. The summed E-state index contributed by atoms with van der Waals surface area (Å²) in [6, 6.07) is 14.8. The van der Waals surface area contributed by atoms with Gasteiger partial charge in [0.1, 0.15) is 5.82 Å². The van der Waals surface area contributed by atoms with E-state index < -0.39 is 0 Å². The van der Waals surface area contributed by atoms with Crippen molar-refractivity contribution in [2.24, 2.45) is 0 Å². The number of hydrogen-bond donors (Lipinski definition) is 3. The number of imidazole rings is 1. The molecule has 7 heteroatoms. The van der Waals surface area contributed by atoms with Crippen molar-refractivity contribution < 1.29 is 9.59 Å². The lowest BCUT2D eigenvalue weighted by molar-refractivity contribution is -0.121. The van der Waals surface area contributed by atoms with E-state index in [1.165, 1.54) is 11.8 Å². The van der Waals surface area contributed by atoms with Gasteiger partial charge in [-0.15, -0.1) is 11.8 Å². The topological polar surface area (TPSA) is 86.9 Å². The lowest BCUT2D eigenvalue weighted by Gasteiger charge is -2.09. The van der Waals surface area contributed by atoms with Gasteiger partial charge in [-0.1, -0.05) is 24.3 Å². The predicted octanol–water partition coefficient (Wildman–Crippen LogP) is 2.29. The zero-order valence-corrected chi connectivity index (χ0v) is 13.8. The Morgan fingerprint density at radius 2 is 1.83 bits per heavy atom. The molecule has 3 N–H and O–H groups in total. The van der Waals surface area contributed by atoms with Crippen molar-refractivity contribution >= 4 is 34.6 Å². The van der Waals surface area contributed by atoms with Gasteiger partial charge >= 0.3 is 0 Å². The van der Waals surface area contributed by atoms with Crippen LogP contribution in [0.5, 0.6) is 0 Å². The number of nitrogens with one attached hydrogen (secondary N) is 3. The molecule has 0 saturated carbocycles. The molecule has 0 saturated heterocycles. The minimum absolute atomic E-state index is 0.0547. The molecule has 2 amide bonds. The van der Waals surface area contributed by atoms with E-state index in [1.807, 2.05) is 42.7 Å². The third-order valence-corrected chi connectivity index (χ3v) is 4.23. The summed E-state index contributed by atoms with van der Waals surface area (Å²) in [7, 11) is 0. The van der Waals surface area contributed by atoms with Gasteiger partial charge in [0.05, 0.1) is 23.0 Å². The van der Waals surface area contributed by atoms with Crippen molar-refractivity contribution in [1.29, 1.82) is 0 Å². The number of aromatic nitrogens is 2. The van der Waals surface area contributed by atoms with E-state index in [0.717, 1.165) is 15.9 Å². The Hall–Kier alpha value is -2.80. The molecule has 0 spiro atoms. The fourth-order valence-electron chi connectivity index (χ4n) is 2.31. The van der Waals surface area contributed by atoms with Gasteiger partial charge in [-0.3, -0.25) is 20.4 Å². The first kappa shape index (κ1) is 16.1. The number of H-pyrrole nitrogens is 1. The summed E-state index contributed by atoms with van der Waals surface area (Å²) in [5.74, 6) is -0.144. The Balaban J connectivity index is 1.60. The molecule has 1 aromatic heterocycles. The number of carbonyl (C=O) groups is 2. The van der Waals surface area contributed by atoms with Crippen molar-refractivity contribution in [2.45, 2.75) is 11.3 Å². The lowest BCUT2D eigenvalue weighted by atomic mass is 10.2. The number of para-hydroxylation sites is 2. The van der Waals surface area contributed by atoms with Crippen molar-refractivity contribution in [3.63, 3.8) is 0 Å². The zero-order valence-electron chi connectivity index (χ0n) is 13.0. The van der Waals surface area contributed by atoms with Crippen LogP contribution in [0, 0.1) is 0 Å². The maximum atomic E-state index is 12.2. The minimum Gasteiger partial charge on any atom is -0.342 e. The molecule has 1 heterocycles. The molecular formula is C17H16N4O2S. The van der Waals surface area contributed by atoms with Gasteiger partial charge < -0.3 is 4.98 Å². The van der Waals surface area contributed by atoms with Crippen LogP contribution in [0.2, 0.25) is 0 Å². The van der Waals surface area contributed by atoms with Gasteiger partial charge in [0, 0.05) is 4.90 Å². The molecule has 0 fully saturated rings. The first-order valence-corrected chi connectivity index (χ1v) is 8.55. The average Bonchev–Trinajstić information content (AvgIpc) is 3.01. The fourth-order valence-corrected chi connectivity index (χ4v) is 2.91. The molecular weight excluding hydrogens is 324 g/mol. The molecule has 122 valence electrons. The van der Waals surface area contributed by atoms with E-state index >= 15 is 0 Å². The molecule has 0 bridgehead atoms. The van der Waals surface area contributed by atoms with E-state index in [-0.39, 0.29) is 18.2 Å². The second-order valence-electron chi connectivity index (χ2n) is 5.08. The molecule has 0 unspecified atom stereocenters. The van der Waals surface area contributed by atoms with Crippen LogP contribution >= 0.6 is 11.8 Å². The number of rotatable bonds is 4. The van der Waals surface area contributed by atoms with Gasteiger partial charge in [-0.2, -0.15) is 0 Å². The number of aromatic amines is 1. The van der Waals surface area contributed by atoms with Gasteiger partial charge in [0.2, 0.25) is 5.91 Å². The maximum Gasteiger partial charge on any atom is 0.270 e. The normalized spacial score (nSPS) is 10.5. The third kappa shape index (κ3) is 3.57. The third-order valence-electron chi connectivity index (χ3n) is 3.43. The van der Waals surface area contributed by atoms with Crippen LogP contribution in [-0.2, 0) is 11.2 Å². The van der Waals surface area contributed by atoms with E-state index in [4.69, 9.17) is 0 Å². The Bertz CT molecular complexity index is 858. The van der Waals surface area contributed by atoms with Crippen LogP contribution in [-0.4, -0.2) is 28.0 Å². The monoisotopic (exact) mass is 340 g/mol. The van der Waals surface area contributed by atoms with E-state index in [0.29, 0.717) is 11.4 Å². The zero-order chi connectivity index (χ0) is 16.9. The van der Waals surface area contributed by atoms with E-state index in [2.05, 4.69) is 20.8 Å². The van der Waals surface area contributed by atoms with E-state index in [9.17, 15) is 9.59 Å². The number of carbonyl (C=O) groups excluding carboxylic acids is 2. The number of fused-ring (bicyclic) bond motifs is 1. The number of benzene rings is 2. The van der Waals surface area contributed by atoms with Gasteiger partial charge in [0.25, 0.3) is 5.91 Å². The maximum absolute atomic E-state index is 12.2.